The number of benzene rings is 1. The summed E-state index contributed by atoms with van der Waals surface area (Å²) in [5, 5.41) is 8.64. The Labute approximate surface area is 124 Å². The minimum atomic E-state index is -3.52. The zero-order valence-electron chi connectivity index (χ0n) is 11.9. The maximum Gasteiger partial charge on any atom is 0.303 e. The van der Waals surface area contributed by atoms with Crippen molar-refractivity contribution < 1.29 is 23.1 Å². The highest BCUT2D eigenvalue weighted by atomic mass is 32.2. The monoisotopic (exact) mass is 313 g/mol. The molecule has 6 nitrogen and oxygen atoms in total. The lowest BCUT2D eigenvalue weighted by Gasteiger charge is -2.32. The van der Waals surface area contributed by atoms with Gasteiger partial charge in [0.15, 0.2) is 0 Å². The van der Waals surface area contributed by atoms with E-state index in [0.717, 1.165) is 5.56 Å². The van der Waals surface area contributed by atoms with Gasteiger partial charge >= 0.3 is 5.97 Å². The summed E-state index contributed by atoms with van der Waals surface area (Å²) in [7, 11) is -3.52. The summed E-state index contributed by atoms with van der Waals surface area (Å²) < 4.78 is 31.8. The van der Waals surface area contributed by atoms with Gasteiger partial charge in [0.05, 0.1) is 18.1 Å². The van der Waals surface area contributed by atoms with E-state index in [0.29, 0.717) is 26.2 Å². The van der Waals surface area contributed by atoms with Crippen molar-refractivity contribution in [1.29, 1.82) is 0 Å². The zero-order chi connectivity index (χ0) is 15.5. The Hall–Kier alpha value is -1.44. The Bertz CT molecular complexity index is 596. The van der Waals surface area contributed by atoms with Crippen molar-refractivity contribution in [3.8, 4) is 0 Å². The highest BCUT2D eigenvalue weighted by molar-refractivity contribution is 7.89. The van der Waals surface area contributed by atoms with Crippen LogP contribution >= 0.6 is 0 Å². The molecule has 21 heavy (non-hydrogen) atoms. The summed E-state index contributed by atoms with van der Waals surface area (Å²) >= 11 is 0. The van der Waals surface area contributed by atoms with E-state index in [1.807, 2.05) is 6.92 Å². The maximum absolute atomic E-state index is 12.6. The normalized spacial score (nSPS) is 20.3. The lowest BCUT2D eigenvalue weighted by molar-refractivity contribution is -0.136. The molecule has 0 unspecified atom stereocenters. The lowest BCUT2D eigenvalue weighted by Crippen LogP contribution is -2.46. The molecule has 7 heteroatoms. The van der Waals surface area contributed by atoms with Crippen molar-refractivity contribution in [2.75, 3.05) is 19.8 Å². The summed E-state index contributed by atoms with van der Waals surface area (Å²) in [4.78, 5) is 10.8. The number of ether oxygens (including phenoxy) is 1. The first-order valence-electron chi connectivity index (χ1n) is 6.81. The number of aliphatic carboxylic acids is 1. The van der Waals surface area contributed by atoms with E-state index in [2.05, 4.69) is 0 Å². The van der Waals surface area contributed by atoms with Crippen molar-refractivity contribution >= 4 is 16.0 Å². The lowest BCUT2D eigenvalue weighted by atomic mass is 10.1. The molecule has 1 fully saturated rings. The van der Waals surface area contributed by atoms with Crippen LogP contribution in [-0.4, -0.2) is 49.6 Å². The van der Waals surface area contributed by atoms with Gasteiger partial charge in [-0.1, -0.05) is 12.1 Å². The van der Waals surface area contributed by atoms with E-state index in [4.69, 9.17) is 9.84 Å². The summed E-state index contributed by atoms with van der Waals surface area (Å²) in [6.45, 7) is 2.97. The van der Waals surface area contributed by atoms with Crippen molar-refractivity contribution in [3.05, 3.63) is 29.8 Å². The van der Waals surface area contributed by atoms with Crippen LogP contribution in [0.25, 0.3) is 0 Å². The fourth-order valence-electron chi connectivity index (χ4n) is 2.28. The van der Waals surface area contributed by atoms with Crippen LogP contribution in [0.5, 0.6) is 0 Å². The first-order valence-corrected chi connectivity index (χ1v) is 8.25. The minimum absolute atomic E-state index is 0.0343. The molecule has 0 aliphatic carbocycles. The number of carboxylic acid groups (broad SMARTS) is 1. The average molecular weight is 313 g/mol. The van der Waals surface area contributed by atoms with Gasteiger partial charge in [0, 0.05) is 19.0 Å². The highest BCUT2D eigenvalue weighted by Crippen LogP contribution is 2.21. The van der Waals surface area contributed by atoms with Crippen LogP contribution < -0.4 is 0 Å². The number of aryl methyl sites for hydroxylation is 1. The van der Waals surface area contributed by atoms with Crippen molar-refractivity contribution in [2.24, 2.45) is 0 Å². The SMILES string of the molecule is C[C@@H]1COCCN1S(=O)(=O)c1ccc(CCC(=O)O)cc1. The summed E-state index contributed by atoms with van der Waals surface area (Å²) in [6.07, 6.45) is 0.427. The first-order chi connectivity index (χ1) is 9.91. The van der Waals surface area contributed by atoms with Crippen molar-refractivity contribution in [2.45, 2.75) is 30.7 Å². The first kappa shape index (κ1) is 15.9. The Morgan fingerprint density at radius 1 is 1.38 bits per heavy atom. The predicted molar refractivity (Wildman–Crippen MR) is 76.6 cm³/mol. The van der Waals surface area contributed by atoms with Gasteiger partial charge in [0.1, 0.15) is 0 Å². The second-order valence-electron chi connectivity index (χ2n) is 5.08. The molecule has 2 rings (SSSR count). The number of morpholine rings is 1. The van der Waals surface area contributed by atoms with E-state index >= 15 is 0 Å². The molecule has 1 saturated heterocycles. The topological polar surface area (TPSA) is 83.9 Å². The largest absolute Gasteiger partial charge is 0.481 e. The van der Waals surface area contributed by atoms with Gasteiger partial charge in [0.2, 0.25) is 10.0 Å². The van der Waals surface area contributed by atoms with Crippen LogP contribution in [0, 0.1) is 0 Å². The zero-order valence-corrected chi connectivity index (χ0v) is 12.7. The fraction of sp³-hybridized carbons (Fsp3) is 0.500. The highest BCUT2D eigenvalue weighted by Gasteiger charge is 2.31. The van der Waals surface area contributed by atoms with Gasteiger partial charge in [-0.05, 0) is 31.0 Å². The molecule has 1 aromatic carbocycles. The maximum atomic E-state index is 12.6. The Morgan fingerprint density at radius 2 is 2.05 bits per heavy atom. The summed E-state index contributed by atoms with van der Waals surface area (Å²) in [5.41, 5.74) is 0.811. The number of sulfonamides is 1. The standard InChI is InChI=1S/C14H19NO5S/c1-11-10-20-9-8-15(11)21(18,19)13-5-2-12(3-6-13)4-7-14(16)17/h2-3,5-6,11H,4,7-10H2,1H3,(H,16,17)/t11-/m1/s1. The molecule has 1 atom stereocenters. The minimum Gasteiger partial charge on any atom is -0.481 e. The Balaban J connectivity index is 2.14. The number of nitrogens with zero attached hydrogens (tertiary/aromatic N) is 1. The number of hydrogen-bond donors (Lipinski definition) is 1. The number of hydrogen-bond acceptors (Lipinski definition) is 4. The molecular formula is C14H19NO5S. The summed E-state index contributed by atoms with van der Waals surface area (Å²) in [5.74, 6) is -0.867. The number of carboxylic acids is 1. The van der Waals surface area contributed by atoms with E-state index in [9.17, 15) is 13.2 Å². The van der Waals surface area contributed by atoms with Crippen molar-refractivity contribution in [3.63, 3.8) is 0 Å². The second kappa shape index (κ2) is 6.55. The van der Waals surface area contributed by atoms with Gasteiger partial charge < -0.3 is 9.84 Å². The fourth-order valence-corrected chi connectivity index (χ4v) is 3.88. The Kier molecular flexibility index (Phi) is 4.97. The quantitative estimate of drug-likeness (QED) is 0.880. The van der Waals surface area contributed by atoms with Crippen LogP contribution in [0.4, 0.5) is 0 Å². The molecular weight excluding hydrogens is 294 g/mol. The third-order valence-corrected chi connectivity index (χ3v) is 5.49. The molecule has 116 valence electrons. The molecule has 0 aromatic heterocycles. The van der Waals surface area contributed by atoms with E-state index in [-0.39, 0.29) is 17.4 Å². The van der Waals surface area contributed by atoms with Gasteiger partial charge in [-0.2, -0.15) is 4.31 Å². The molecule has 0 spiro atoms. The Morgan fingerprint density at radius 3 is 2.62 bits per heavy atom. The van der Waals surface area contributed by atoms with Gasteiger partial charge in [-0.15, -0.1) is 0 Å². The van der Waals surface area contributed by atoms with Gasteiger partial charge in [-0.3, -0.25) is 4.79 Å². The molecule has 0 radical (unpaired) electrons. The van der Waals surface area contributed by atoms with E-state index in [1.165, 1.54) is 16.4 Å². The van der Waals surface area contributed by atoms with Gasteiger partial charge in [0.25, 0.3) is 0 Å². The molecule has 0 amide bonds. The van der Waals surface area contributed by atoms with Crippen LogP contribution in [0.15, 0.2) is 29.2 Å². The molecule has 1 aliphatic rings. The van der Waals surface area contributed by atoms with E-state index in [1.54, 1.807) is 12.1 Å². The van der Waals surface area contributed by atoms with Gasteiger partial charge in [-0.25, -0.2) is 8.42 Å². The molecule has 1 heterocycles. The predicted octanol–water partition coefficient (Wildman–Crippen LogP) is 1.11. The van der Waals surface area contributed by atoms with Crippen LogP contribution in [0.3, 0.4) is 0 Å². The molecule has 0 saturated carbocycles. The van der Waals surface area contributed by atoms with Crippen LogP contribution in [0.1, 0.15) is 18.9 Å². The number of rotatable bonds is 5. The third kappa shape index (κ3) is 3.81. The summed E-state index contributed by atoms with van der Waals surface area (Å²) in [6, 6.07) is 6.22. The van der Waals surface area contributed by atoms with E-state index < -0.39 is 16.0 Å². The van der Waals surface area contributed by atoms with Crippen LogP contribution in [-0.2, 0) is 26.0 Å². The molecule has 1 N–H and O–H groups in total. The van der Waals surface area contributed by atoms with Crippen molar-refractivity contribution in [1.82, 2.24) is 4.31 Å². The average Bonchev–Trinajstić information content (AvgIpc) is 2.46. The second-order valence-corrected chi connectivity index (χ2v) is 6.97. The smallest absolute Gasteiger partial charge is 0.303 e. The molecule has 1 aromatic rings. The number of carbonyl (C=O) groups is 1. The third-order valence-electron chi connectivity index (χ3n) is 3.46. The molecule has 1 aliphatic heterocycles. The molecule has 0 bridgehead atoms. The van der Waals surface area contributed by atoms with Crippen LogP contribution in [0.2, 0.25) is 0 Å².